The highest BCUT2D eigenvalue weighted by molar-refractivity contribution is 7.12. The first kappa shape index (κ1) is 10.1. The van der Waals surface area contributed by atoms with E-state index in [4.69, 9.17) is 15.2 Å². The fraction of sp³-hybridized carbons (Fsp3) is 0.600. The van der Waals surface area contributed by atoms with Crippen molar-refractivity contribution in [3.8, 4) is 0 Å². The predicted octanol–water partition coefficient (Wildman–Crippen LogP) is 1.43. The normalized spacial score (nSPS) is 17.0. The molecule has 14 heavy (non-hydrogen) atoms. The first-order chi connectivity index (χ1) is 6.79. The summed E-state index contributed by atoms with van der Waals surface area (Å²) < 4.78 is 10.7. The second-order valence-corrected chi connectivity index (χ2v) is 4.81. The largest absolute Gasteiger partial charge is 0.376 e. The van der Waals surface area contributed by atoms with Crippen LogP contribution < -0.4 is 5.73 Å². The highest BCUT2D eigenvalue weighted by atomic mass is 32.1. The van der Waals surface area contributed by atoms with E-state index in [2.05, 4.69) is 13.0 Å². The molecule has 78 valence electrons. The molecule has 0 saturated carbocycles. The summed E-state index contributed by atoms with van der Waals surface area (Å²) in [6.45, 7) is 4.91. The molecule has 1 aromatic heterocycles. The standard InChI is InChI=1S/C10H15NO2S/c1-7-8(2-10(3-11)14-7)4-13-9-5-12-6-9/h2,9H,3-6,11H2,1H3. The highest BCUT2D eigenvalue weighted by Gasteiger charge is 2.19. The molecule has 1 aliphatic heterocycles. The molecule has 1 fully saturated rings. The summed E-state index contributed by atoms with van der Waals surface area (Å²) in [4.78, 5) is 2.54. The second-order valence-electron chi connectivity index (χ2n) is 3.47. The Kier molecular flexibility index (Phi) is 3.18. The fourth-order valence-corrected chi connectivity index (χ4v) is 2.28. The summed E-state index contributed by atoms with van der Waals surface area (Å²) in [7, 11) is 0. The van der Waals surface area contributed by atoms with Crippen molar-refractivity contribution in [2.45, 2.75) is 26.2 Å². The molecule has 2 rings (SSSR count). The minimum absolute atomic E-state index is 0.302. The number of aryl methyl sites for hydroxylation is 1. The summed E-state index contributed by atoms with van der Waals surface area (Å²) in [6.07, 6.45) is 0.302. The van der Waals surface area contributed by atoms with Gasteiger partial charge in [-0.15, -0.1) is 11.3 Å². The van der Waals surface area contributed by atoms with Gasteiger partial charge in [0.2, 0.25) is 0 Å². The monoisotopic (exact) mass is 213 g/mol. The van der Waals surface area contributed by atoms with Gasteiger partial charge in [0.15, 0.2) is 0 Å². The number of thiophene rings is 1. The van der Waals surface area contributed by atoms with Gasteiger partial charge in [0.25, 0.3) is 0 Å². The maximum atomic E-state index is 5.64. The minimum atomic E-state index is 0.302. The van der Waals surface area contributed by atoms with Crippen molar-refractivity contribution in [3.63, 3.8) is 0 Å². The third-order valence-electron chi connectivity index (χ3n) is 2.35. The van der Waals surface area contributed by atoms with Crippen molar-refractivity contribution < 1.29 is 9.47 Å². The van der Waals surface area contributed by atoms with E-state index in [1.165, 1.54) is 15.3 Å². The molecule has 0 spiro atoms. The molecule has 1 saturated heterocycles. The van der Waals surface area contributed by atoms with Gasteiger partial charge in [-0.3, -0.25) is 0 Å². The lowest BCUT2D eigenvalue weighted by Gasteiger charge is -2.25. The second kappa shape index (κ2) is 4.40. The summed E-state index contributed by atoms with van der Waals surface area (Å²) in [5, 5.41) is 0. The van der Waals surface area contributed by atoms with Crippen LogP contribution in [0, 0.1) is 6.92 Å². The molecule has 0 amide bonds. The van der Waals surface area contributed by atoms with E-state index in [1.807, 2.05) is 0 Å². The average Bonchev–Trinajstić information content (AvgIpc) is 2.45. The Hall–Kier alpha value is -0.420. The van der Waals surface area contributed by atoms with Gasteiger partial charge >= 0.3 is 0 Å². The van der Waals surface area contributed by atoms with E-state index < -0.39 is 0 Å². The van der Waals surface area contributed by atoms with Crippen LogP contribution in [0.15, 0.2) is 6.07 Å². The van der Waals surface area contributed by atoms with E-state index in [1.54, 1.807) is 11.3 Å². The molecule has 2 heterocycles. The van der Waals surface area contributed by atoms with Crippen molar-refractivity contribution in [3.05, 3.63) is 21.4 Å². The van der Waals surface area contributed by atoms with Crippen LogP contribution in [0.3, 0.4) is 0 Å². The number of hydrogen-bond acceptors (Lipinski definition) is 4. The summed E-state index contributed by atoms with van der Waals surface area (Å²) in [5.74, 6) is 0. The van der Waals surface area contributed by atoms with Crippen LogP contribution >= 0.6 is 11.3 Å². The molecular formula is C10H15NO2S. The number of hydrogen-bond donors (Lipinski definition) is 1. The van der Waals surface area contributed by atoms with Crippen molar-refractivity contribution >= 4 is 11.3 Å². The Morgan fingerprint density at radius 3 is 2.93 bits per heavy atom. The van der Waals surface area contributed by atoms with Gasteiger partial charge in [-0.25, -0.2) is 0 Å². The SMILES string of the molecule is Cc1sc(CN)cc1COC1COC1. The van der Waals surface area contributed by atoms with Gasteiger partial charge in [0, 0.05) is 16.3 Å². The molecule has 1 aliphatic rings. The molecular weight excluding hydrogens is 198 g/mol. The first-order valence-corrected chi connectivity index (χ1v) is 5.59. The summed E-state index contributed by atoms with van der Waals surface area (Å²) in [6, 6.07) is 2.14. The van der Waals surface area contributed by atoms with E-state index in [9.17, 15) is 0 Å². The lowest BCUT2D eigenvalue weighted by molar-refractivity contribution is -0.135. The lowest BCUT2D eigenvalue weighted by atomic mass is 10.2. The van der Waals surface area contributed by atoms with Crippen molar-refractivity contribution in [1.82, 2.24) is 0 Å². The maximum absolute atomic E-state index is 5.64. The zero-order chi connectivity index (χ0) is 9.97. The summed E-state index contributed by atoms with van der Waals surface area (Å²) in [5.41, 5.74) is 6.84. The Morgan fingerprint density at radius 1 is 1.64 bits per heavy atom. The van der Waals surface area contributed by atoms with Crippen LogP contribution in [-0.4, -0.2) is 19.3 Å². The zero-order valence-electron chi connectivity index (χ0n) is 8.29. The van der Waals surface area contributed by atoms with E-state index in [0.717, 1.165) is 13.2 Å². The highest BCUT2D eigenvalue weighted by Crippen LogP contribution is 2.22. The van der Waals surface area contributed by atoms with Crippen LogP contribution in [0.5, 0.6) is 0 Å². The molecule has 2 N–H and O–H groups in total. The number of rotatable bonds is 4. The summed E-state index contributed by atoms with van der Waals surface area (Å²) >= 11 is 1.76. The van der Waals surface area contributed by atoms with Crippen molar-refractivity contribution in [2.24, 2.45) is 5.73 Å². The first-order valence-electron chi connectivity index (χ1n) is 4.77. The van der Waals surface area contributed by atoms with Gasteiger partial charge in [0.05, 0.1) is 19.8 Å². The molecule has 0 atom stereocenters. The molecule has 0 aliphatic carbocycles. The zero-order valence-corrected chi connectivity index (χ0v) is 9.10. The van der Waals surface area contributed by atoms with Crippen molar-refractivity contribution in [2.75, 3.05) is 13.2 Å². The molecule has 1 aromatic rings. The fourth-order valence-electron chi connectivity index (χ4n) is 1.35. The molecule has 0 bridgehead atoms. The molecule has 3 nitrogen and oxygen atoms in total. The average molecular weight is 213 g/mol. The molecule has 0 radical (unpaired) electrons. The van der Waals surface area contributed by atoms with Crippen LogP contribution in [0.2, 0.25) is 0 Å². The van der Waals surface area contributed by atoms with E-state index in [-0.39, 0.29) is 0 Å². The predicted molar refractivity (Wildman–Crippen MR) is 56.3 cm³/mol. The van der Waals surface area contributed by atoms with Gasteiger partial charge in [-0.05, 0) is 18.6 Å². The van der Waals surface area contributed by atoms with Crippen LogP contribution in [0.4, 0.5) is 0 Å². The molecule has 0 unspecified atom stereocenters. The van der Waals surface area contributed by atoms with Gasteiger partial charge in [-0.2, -0.15) is 0 Å². The molecule has 0 aromatic carbocycles. The quantitative estimate of drug-likeness (QED) is 0.823. The van der Waals surface area contributed by atoms with Crippen LogP contribution in [0.25, 0.3) is 0 Å². The van der Waals surface area contributed by atoms with E-state index >= 15 is 0 Å². The number of ether oxygens (including phenoxy) is 2. The minimum Gasteiger partial charge on any atom is -0.376 e. The van der Waals surface area contributed by atoms with Crippen molar-refractivity contribution in [1.29, 1.82) is 0 Å². The Morgan fingerprint density at radius 2 is 2.43 bits per heavy atom. The molecule has 4 heteroatoms. The van der Waals surface area contributed by atoms with Crippen LogP contribution in [-0.2, 0) is 22.6 Å². The third kappa shape index (κ3) is 2.15. The number of nitrogens with two attached hydrogens (primary N) is 1. The smallest absolute Gasteiger partial charge is 0.105 e. The third-order valence-corrected chi connectivity index (χ3v) is 3.47. The van der Waals surface area contributed by atoms with Crippen LogP contribution in [0.1, 0.15) is 15.3 Å². The topological polar surface area (TPSA) is 44.5 Å². The Bertz CT molecular complexity index is 307. The Labute approximate surface area is 87.8 Å². The van der Waals surface area contributed by atoms with Gasteiger partial charge in [-0.1, -0.05) is 0 Å². The van der Waals surface area contributed by atoms with Gasteiger partial charge < -0.3 is 15.2 Å². The van der Waals surface area contributed by atoms with E-state index in [0.29, 0.717) is 19.3 Å². The Balaban J connectivity index is 1.90. The maximum Gasteiger partial charge on any atom is 0.105 e. The van der Waals surface area contributed by atoms with Gasteiger partial charge in [0.1, 0.15) is 6.10 Å². The lowest BCUT2D eigenvalue weighted by Crippen LogP contribution is -2.35.